The van der Waals surface area contributed by atoms with Crippen LogP contribution in [0.1, 0.15) is 24.2 Å². The normalized spacial score (nSPS) is 12.1. The molecule has 1 N–H and O–H groups in total. The Balaban J connectivity index is 1.64. The van der Waals surface area contributed by atoms with Crippen LogP contribution in [0.4, 0.5) is 10.3 Å². The number of nitrogens with one attached hydrogen (secondary N) is 1. The summed E-state index contributed by atoms with van der Waals surface area (Å²) in [5, 5.41) is 11.0. The van der Waals surface area contributed by atoms with E-state index in [9.17, 15) is 9.18 Å². The molecule has 0 spiro atoms. The van der Waals surface area contributed by atoms with Crippen LogP contribution in [-0.4, -0.2) is 30.5 Å². The molecule has 0 aliphatic heterocycles. The van der Waals surface area contributed by atoms with Crippen LogP contribution in [0.3, 0.4) is 0 Å². The lowest BCUT2D eigenvalue weighted by molar-refractivity contribution is -0.119. The highest BCUT2D eigenvalue weighted by Crippen LogP contribution is 2.11. The predicted octanol–water partition coefficient (Wildman–Crippen LogP) is 2.17. The van der Waals surface area contributed by atoms with Gasteiger partial charge in [0.15, 0.2) is 0 Å². The molecule has 1 atom stereocenters. The van der Waals surface area contributed by atoms with E-state index in [1.165, 1.54) is 18.5 Å². The first kappa shape index (κ1) is 15.9. The van der Waals surface area contributed by atoms with Crippen molar-refractivity contribution in [2.24, 2.45) is 0 Å². The summed E-state index contributed by atoms with van der Waals surface area (Å²) in [7, 11) is 0. The summed E-state index contributed by atoms with van der Waals surface area (Å²) < 4.78 is 16.1. The third-order valence-corrected chi connectivity index (χ3v) is 3.64. The van der Waals surface area contributed by atoms with Crippen LogP contribution >= 0.6 is 0 Å². The summed E-state index contributed by atoms with van der Waals surface area (Å²) in [5.74, 6) is -0.312. The molecule has 0 radical (unpaired) electrons. The number of benzene rings is 1. The number of carbonyl (C=O) groups excluding carboxylic acids is 1. The number of aryl methyl sites for hydroxylation is 1. The van der Waals surface area contributed by atoms with Crippen LogP contribution in [0.25, 0.3) is 0 Å². The van der Waals surface area contributed by atoms with Gasteiger partial charge in [0.2, 0.25) is 5.95 Å². The number of carbonyl (C=O) groups is 1. The average Bonchev–Trinajstić information content (AvgIpc) is 3.18. The van der Waals surface area contributed by atoms with Crippen molar-refractivity contribution in [2.45, 2.75) is 26.4 Å². The van der Waals surface area contributed by atoms with Crippen LogP contribution in [0.2, 0.25) is 0 Å². The zero-order valence-corrected chi connectivity index (χ0v) is 13.3. The van der Waals surface area contributed by atoms with Crippen molar-refractivity contribution in [1.29, 1.82) is 0 Å². The second kappa shape index (κ2) is 6.61. The molecule has 24 heavy (non-hydrogen) atoms. The van der Waals surface area contributed by atoms with Gasteiger partial charge in [-0.1, -0.05) is 12.1 Å². The summed E-state index contributed by atoms with van der Waals surface area (Å²) in [4.78, 5) is 16.3. The van der Waals surface area contributed by atoms with E-state index in [-0.39, 0.29) is 17.7 Å². The molecule has 1 aromatic carbocycles. The predicted molar refractivity (Wildman–Crippen MR) is 85.8 cm³/mol. The minimum atomic E-state index is -0.468. The van der Waals surface area contributed by atoms with E-state index in [0.29, 0.717) is 6.54 Å². The van der Waals surface area contributed by atoms with Gasteiger partial charge in [0.25, 0.3) is 5.91 Å². The smallest absolute Gasteiger partial charge is 0.251 e. The van der Waals surface area contributed by atoms with Crippen molar-refractivity contribution >= 4 is 11.9 Å². The summed E-state index contributed by atoms with van der Waals surface area (Å²) in [5.41, 5.74) is 1.78. The molecule has 2 heterocycles. The van der Waals surface area contributed by atoms with Gasteiger partial charge >= 0.3 is 0 Å². The standard InChI is InChI=1S/C16H17FN6O/c1-11-7-8-19-23(11)12(2)15(24)20-16-18-10-22(21-16)9-13-3-5-14(17)6-4-13/h3-8,10,12H,9H2,1-2H3,(H,20,21,24). The average molecular weight is 328 g/mol. The molecular formula is C16H17FN6O. The monoisotopic (exact) mass is 328 g/mol. The maximum Gasteiger partial charge on any atom is 0.251 e. The van der Waals surface area contributed by atoms with E-state index < -0.39 is 6.04 Å². The first-order chi connectivity index (χ1) is 11.5. The third-order valence-electron chi connectivity index (χ3n) is 3.64. The topological polar surface area (TPSA) is 77.6 Å². The molecule has 7 nitrogen and oxygen atoms in total. The summed E-state index contributed by atoms with van der Waals surface area (Å²) in [6, 6.07) is 7.50. The van der Waals surface area contributed by atoms with E-state index in [1.807, 2.05) is 13.0 Å². The summed E-state index contributed by atoms with van der Waals surface area (Å²) >= 11 is 0. The van der Waals surface area contributed by atoms with Gasteiger partial charge < -0.3 is 0 Å². The van der Waals surface area contributed by atoms with Gasteiger partial charge in [0, 0.05) is 11.9 Å². The number of rotatable bonds is 5. The minimum Gasteiger partial charge on any atom is -0.291 e. The molecule has 0 bridgehead atoms. The van der Waals surface area contributed by atoms with Gasteiger partial charge in [-0.15, -0.1) is 5.10 Å². The van der Waals surface area contributed by atoms with Crippen LogP contribution < -0.4 is 5.32 Å². The molecule has 0 aliphatic carbocycles. The highest BCUT2D eigenvalue weighted by molar-refractivity contribution is 5.91. The number of hydrogen-bond donors (Lipinski definition) is 1. The Morgan fingerprint density at radius 2 is 2.04 bits per heavy atom. The number of anilines is 1. The fraction of sp³-hybridized carbons (Fsp3) is 0.250. The van der Waals surface area contributed by atoms with E-state index in [2.05, 4.69) is 20.5 Å². The Kier molecular flexibility index (Phi) is 4.37. The van der Waals surface area contributed by atoms with E-state index >= 15 is 0 Å². The molecule has 8 heteroatoms. The minimum absolute atomic E-state index is 0.221. The van der Waals surface area contributed by atoms with Gasteiger partial charge in [0.1, 0.15) is 18.2 Å². The van der Waals surface area contributed by atoms with Crippen molar-refractivity contribution < 1.29 is 9.18 Å². The number of hydrogen-bond acceptors (Lipinski definition) is 4. The van der Waals surface area contributed by atoms with E-state index in [1.54, 1.807) is 34.6 Å². The largest absolute Gasteiger partial charge is 0.291 e. The van der Waals surface area contributed by atoms with Crippen LogP contribution in [-0.2, 0) is 11.3 Å². The SMILES string of the molecule is Cc1ccnn1C(C)C(=O)Nc1ncn(Cc2ccc(F)cc2)n1. The van der Waals surface area contributed by atoms with Crippen molar-refractivity contribution in [2.75, 3.05) is 5.32 Å². The lowest BCUT2D eigenvalue weighted by Gasteiger charge is -2.12. The summed E-state index contributed by atoms with van der Waals surface area (Å²) in [6.07, 6.45) is 3.16. The molecular weight excluding hydrogens is 311 g/mol. The van der Waals surface area contributed by atoms with Gasteiger partial charge in [-0.05, 0) is 37.6 Å². The molecule has 0 aliphatic rings. The van der Waals surface area contributed by atoms with Gasteiger partial charge in [-0.25, -0.2) is 14.1 Å². The van der Waals surface area contributed by atoms with Crippen LogP contribution in [0, 0.1) is 12.7 Å². The highest BCUT2D eigenvalue weighted by Gasteiger charge is 2.18. The Morgan fingerprint density at radius 1 is 1.29 bits per heavy atom. The third kappa shape index (κ3) is 3.48. The zero-order valence-electron chi connectivity index (χ0n) is 13.3. The van der Waals surface area contributed by atoms with E-state index in [4.69, 9.17) is 0 Å². The number of halogens is 1. The molecule has 124 valence electrons. The highest BCUT2D eigenvalue weighted by atomic mass is 19.1. The lowest BCUT2D eigenvalue weighted by Crippen LogP contribution is -2.25. The molecule has 3 rings (SSSR count). The van der Waals surface area contributed by atoms with Crippen molar-refractivity contribution in [1.82, 2.24) is 24.5 Å². The first-order valence-electron chi connectivity index (χ1n) is 7.48. The Morgan fingerprint density at radius 3 is 2.71 bits per heavy atom. The fourth-order valence-electron chi connectivity index (χ4n) is 2.32. The van der Waals surface area contributed by atoms with E-state index in [0.717, 1.165) is 11.3 Å². The number of amides is 1. The fourth-order valence-corrected chi connectivity index (χ4v) is 2.32. The van der Waals surface area contributed by atoms with Gasteiger partial charge in [0.05, 0.1) is 6.54 Å². The molecule has 1 amide bonds. The van der Waals surface area contributed by atoms with Crippen molar-refractivity contribution in [3.8, 4) is 0 Å². The molecule has 0 saturated heterocycles. The molecule has 2 aromatic heterocycles. The molecule has 0 saturated carbocycles. The van der Waals surface area contributed by atoms with Crippen molar-refractivity contribution in [3.05, 3.63) is 59.9 Å². The van der Waals surface area contributed by atoms with Gasteiger partial charge in [-0.2, -0.15) is 5.10 Å². The quantitative estimate of drug-likeness (QED) is 0.778. The molecule has 1 unspecified atom stereocenters. The van der Waals surface area contributed by atoms with Gasteiger partial charge in [-0.3, -0.25) is 14.8 Å². The maximum atomic E-state index is 12.9. The second-order valence-corrected chi connectivity index (χ2v) is 5.47. The van der Waals surface area contributed by atoms with Crippen molar-refractivity contribution in [3.63, 3.8) is 0 Å². The molecule has 0 fully saturated rings. The summed E-state index contributed by atoms with van der Waals surface area (Å²) in [6.45, 7) is 4.08. The number of aromatic nitrogens is 5. The number of nitrogens with zero attached hydrogens (tertiary/aromatic N) is 5. The second-order valence-electron chi connectivity index (χ2n) is 5.47. The maximum absolute atomic E-state index is 12.9. The molecule has 3 aromatic rings. The Hall–Kier alpha value is -3.03. The Bertz CT molecular complexity index is 838. The first-order valence-corrected chi connectivity index (χ1v) is 7.48. The van der Waals surface area contributed by atoms with Crippen LogP contribution in [0.15, 0.2) is 42.9 Å². The zero-order chi connectivity index (χ0) is 17.1. The lowest BCUT2D eigenvalue weighted by atomic mass is 10.2. The van der Waals surface area contributed by atoms with Crippen LogP contribution in [0.5, 0.6) is 0 Å². The Labute approximate surface area is 138 Å².